The van der Waals surface area contributed by atoms with Gasteiger partial charge in [-0.3, -0.25) is 4.79 Å². The molecule has 3 rings (SSSR count). The molecule has 1 unspecified atom stereocenters. The van der Waals surface area contributed by atoms with Crippen LogP contribution in [0.3, 0.4) is 0 Å². The number of carbonyl (C=O) groups is 1. The Balaban J connectivity index is 1.89. The van der Waals surface area contributed by atoms with E-state index < -0.39 is 5.23 Å². The van der Waals surface area contributed by atoms with Gasteiger partial charge in [-0.05, 0) is 36.4 Å². The van der Waals surface area contributed by atoms with Crippen molar-refractivity contribution in [1.29, 1.82) is 0 Å². The molecule has 0 heterocycles. The number of quaternary nitrogens is 1. The molecule has 0 saturated heterocycles. The predicted molar refractivity (Wildman–Crippen MR) is 105 cm³/mol. The summed E-state index contributed by atoms with van der Waals surface area (Å²) in [6.45, 7) is 0. The number of nitrogens with one attached hydrogen (secondary N) is 2. The van der Waals surface area contributed by atoms with Crippen LogP contribution in [0.2, 0.25) is 0 Å². The summed E-state index contributed by atoms with van der Waals surface area (Å²) in [5, 5.41) is 23.4. The highest BCUT2D eigenvalue weighted by Crippen LogP contribution is 2.14. The normalized spacial score (nSPS) is 12.3. The maximum Gasteiger partial charge on any atom is 0.271 e. The van der Waals surface area contributed by atoms with Crippen molar-refractivity contribution >= 4 is 17.3 Å². The number of nitrogens with zero attached hydrogens (tertiary/aromatic N) is 1. The fraction of sp³-hybridized carbons (Fsp3) is 0.0476. The minimum atomic E-state index is -1.00. The molecule has 3 aromatic rings. The highest BCUT2D eigenvalue weighted by atomic mass is 16.8. The van der Waals surface area contributed by atoms with Crippen molar-refractivity contribution < 1.29 is 20.0 Å². The van der Waals surface area contributed by atoms with E-state index in [9.17, 15) is 10.0 Å². The van der Waals surface area contributed by atoms with Crippen LogP contribution in [-0.4, -0.2) is 23.9 Å². The minimum absolute atomic E-state index is 0.179. The molecule has 7 heteroatoms. The third kappa shape index (κ3) is 4.60. The Hall–Kier alpha value is -3.52. The van der Waals surface area contributed by atoms with Crippen LogP contribution in [0.25, 0.3) is 0 Å². The van der Waals surface area contributed by atoms with Gasteiger partial charge < -0.3 is 9.94 Å². The number of hydrogen-bond donors (Lipinski definition) is 3. The molecule has 0 aliphatic rings. The molecular weight excluding hydrogens is 358 g/mol. The van der Waals surface area contributed by atoms with Crippen molar-refractivity contribution in [2.45, 2.75) is 0 Å². The lowest BCUT2D eigenvalue weighted by atomic mass is 10.0. The number of hydrazone groups is 1. The zero-order chi connectivity index (χ0) is 19.9. The molecule has 0 saturated carbocycles. The lowest BCUT2D eigenvalue weighted by Gasteiger charge is -2.13. The van der Waals surface area contributed by atoms with Gasteiger partial charge in [0.15, 0.2) is 5.69 Å². The SMILES string of the molecule is COc1ccc(C(=O)NN=C(c2ccccc2)c2ccc([NH+]([O-])O)cc2)cc1. The van der Waals surface area contributed by atoms with Gasteiger partial charge in [-0.2, -0.15) is 10.3 Å². The molecule has 0 radical (unpaired) electrons. The summed E-state index contributed by atoms with van der Waals surface area (Å²) in [6, 6.07) is 22.3. The van der Waals surface area contributed by atoms with E-state index >= 15 is 0 Å². The van der Waals surface area contributed by atoms with Crippen LogP contribution in [-0.2, 0) is 0 Å². The van der Waals surface area contributed by atoms with Crippen molar-refractivity contribution in [3.63, 3.8) is 0 Å². The van der Waals surface area contributed by atoms with Crippen LogP contribution < -0.4 is 15.4 Å². The van der Waals surface area contributed by atoms with Crippen LogP contribution in [0.5, 0.6) is 5.75 Å². The van der Waals surface area contributed by atoms with E-state index in [0.29, 0.717) is 22.6 Å². The van der Waals surface area contributed by atoms with Crippen LogP contribution in [0.1, 0.15) is 21.5 Å². The smallest absolute Gasteiger partial charge is 0.271 e. The summed E-state index contributed by atoms with van der Waals surface area (Å²) >= 11 is 0. The van der Waals surface area contributed by atoms with Gasteiger partial charge in [0.05, 0.1) is 12.8 Å². The van der Waals surface area contributed by atoms with Gasteiger partial charge in [-0.25, -0.2) is 10.6 Å². The lowest BCUT2D eigenvalue weighted by molar-refractivity contribution is -0.991. The predicted octanol–water partition coefficient (Wildman–Crippen LogP) is 2.28. The van der Waals surface area contributed by atoms with Crippen molar-refractivity contribution in [2.75, 3.05) is 7.11 Å². The number of amides is 1. The molecule has 3 N–H and O–H groups in total. The molecule has 0 fully saturated rings. The van der Waals surface area contributed by atoms with Gasteiger partial charge in [-0.15, -0.1) is 0 Å². The van der Waals surface area contributed by atoms with Gasteiger partial charge in [0.25, 0.3) is 5.91 Å². The average molecular weight is 377 g/mol. The molecule has 3 aromatic carbocycles. The minimum Gasteiger partial charge on any atom is -0.595 e. The van der Waals surface area contributed by atoms with Gasteiger partial charge in [0.2, 0.25) is 0 Å². The van der Waals surface area contributed by atoms with Gasteiger partial charge in [-0.1, -0.05) is 30.3 Å². The molecule has 1 amide bonds. The topological polar surface area (TPSA) is 98.4 Å². The molecule has 142 valence electrons. The van der Waals surface area contributed by atoms with Crippen LogP contribution in [0.15, 0.2) is 84.0 Å². The standard InChI is InChI=1S/C21H19N3O4/c1-28-19-13-9-17(10-14-19)21(25)23-22-20(15-5-3-2-4-6-15)16-7-11-18(12-8-16)24(26)27/h2-14,24,26H,1H3,(H,23,25). The monoisotopic (exact) mass is 377 g/mol. The second-order valence-electron chi connectivity index (χ2n) is 5.88. The average Bonchev–Trinajstić information content (AvgIpc) is 2.75. The maximum absolute atomic E-state index is 12.4. The quantitative estimate of drug-likeness (QED) is 0.453. The first kappa shape index (κ1) is 19.2. The molecule has 0 aliphatic heterocycles. The Morgan fingerprint density at radius 1 is 0.929 bits per heavy atom. The number of methoxy groups -OCH3 is 1. The second-order valence-corrected chi connectivity index (χ2v) is 5.88. The molecule has 7 nitrogen and oxygen atoms in total. The highest BCUT2D eigenvalue weighted by Gasteiger charge is 2.11. The largest absolute Gasteiger partial charge is 0.595 e. The van der Waals surface area contributed by atoms with E-state index in [-0.39, 0.29) is 11.6 Å². The molecule has 0 bridgehead atoms. The van der Waals surface area contributed by atoms with E-state index in [1.54, 1.807) is 43.5 Å². The first-order valence-corrected chi connectivity index (χ1v) is 8.49. The van der Waals surface area contributed by atoms with Crippen molar-refractivity contribution in [3.8, 4) is 5.75 Å². The Bertz CT molecular complexity index is 953. The number of benzene rings is 3. The zero-order valence-corrected chi connectivity index (χ0v) is 15.1. The zero-order valence-electron chi connectivity index (χ0n) is 15.1. The fourth-order valence-electron chi connectivity index (χ4n) is 2.58. The number of carbonyl (C=O) groups excluding carboxylic acids is 1. The van der Waals surface area contributed by atoms with Crippen LogP contribution >= 0.6 is 0 Å². The summed E-state index contributed by atoms with van der Waals surface area (Å²) in [5.74, 6) is 0.293. The van der Waals surface area contributed by atoms with E-state index in [1.165, 1.54) is 12.1 Å². The lowest BCUT2D eigenvalue weighted by Crippen LogP contribution is -2.99. The molecule has 0 aromatic heterocycles. The van der Waals surface area contributed by atoms with Crippen molar-refractivity contribution in [1.82, 2.24) is 5.43 Å². The van der Waals surface area contributed by atoms with E-state index in [1.807, 2.05) is 30.3 Å². The summed E-state index contributed by atoms with van der Waals surface area (Å²) in [7, 11) is 1.56. The Kier molecular flexibility index (Phi) is 6.13. The van der Waals surface area contributed by atoms with Crippen molar-refractivity contribution in [2.24, 2.45) is 5.10 Å². The summed E-state index contributed by atoms with van der Waals surface area (Å²) in [6.07, 6.45) is 0. The van der Waals surface area contributed by atoms with E-state index in [4.69, 9.17) is 9.94 Å². The van der Waals surface area contributed by atoms with Gasteiger partial charge >= 0.3 is 0 Å². The Labute approximate surface area is 162 Å². The summed E-state index contributed by atoms with van der Waals surface area (Å²) in [5.41, 5.74) is 5.19. The number of rotatable bonds is 6. The number of hydrogen-bond acceptors (Lipinski definition) is 5. The molecular formula is C21H19N3O4. The second kappa shape index (κ2) is 8.92. The molecule has 0 spiro atoms. The molecule has 1 atom stereocenters. The third-order valence-corrected chi connectivity index (χ3v) is 4.07. The maximum atomic E-state index is 12.4. The number of ether oxygens (including phenoxy) is 1. The summed E-state index contributed by atoms with van der Waals surface area (Å²) in [4.78, 5) is 12.4. The van der Waals surface area contributed by atoms with Gasteiger partial charge in [0, 0.05) is 28.8 Å². The van der Waals surface area contributed by atoms with Crippen molar-refractivity contribution in [3.05, 3.63) is 101 Å². The van der Waals surface area contributed by atoms with E-state index in [0.717, 1.165) is 5.56 Å². The van der Waals surface area contributed by atoms with Crippen LogP contribution in [0, 0.1) is 5.21 Å². The molecule has 28 heavy (non-hydrogen) atoms. The highest BCUT2D eigenvalue weighted by molar-refractivity contribution is 6.13. The summed E-state index contributed by atoms with van der Waals surface area (Å²) < 4.78 is 5.09. The third-order valence-electron chi connectivity index (χ3n) is 4.07. The first-order valence-electron chi connectivity index (χ1n) is 8.49. The van der Waals surface area contributed by atoms with E-state index in [2.05, 4.69) is 10.5 Å². The van der Waals surface area contributed by atoms with Gasteiger partial charge in [0.1, 0.15) is 5.75 Å². The molecule has 0 aliphatic carbocycles. The Morgan fingerprint density at radius 2 is 1.50 bits per heavy atom. The van der Waals surface area contributed by atoms with Crippen LogP contribution in [0.4, 0.5) is 5.69 Å². The fourth-order valence-corrected chi connectivity index (χ4v) is 2.58. The Morgan fingerprint density at radius 3 is 2.07 bits per heavy atom. The first-order chi connectivity index (χ1) is 13.6.